The van der Waals surface area contributed by atoms with Crippen LogP contribution in [0.2, 0.25) is 0 Å². The molecule has 0 aliphatic heterocycles. The normalized spacial score (nSPS) is 49.4. The van der Waals surface area contributed by atoms with Gasteiger partial charge in [-0.2, -0.15) is 0 Å². The van der Waals surface area contributed by atoms with E-state index in [1.165, 1.54) is 6.42 Å². The first-order chi connectivity index (χ1) is 7.79. The van der Waals surface area contributed by atoms with Crippen LogP contribution in [-0.2, 0) is 0 Å². The van der Waals surface area contributed by atoms with E-state index in [9.17, 15) is 0 Å². The van der Waals surface area contributed by atoms with Crippen LogP contribution in [0.3, 0.4) is 0 Å². The molecule has 0 N–H and O–H groups in total. The van der Waals surface area contributed by atoms with E-state index in [-0.39, 0.29) is 0 Å². The monoisotopic (exact) mass is 214 g/mol. The molecular formula is C16H22. The molecule has 5 rings (SSSR count). The summed E-state index contributed by atoms with van der Waals surface area (Å²) in [5, 5.41) is 0. The minimum atomic E-state index is 0.963. The predicted octanol–water partition coefficient (Wildman–Crippen LogP) is 4.34. The van der Waals surface area contributed by atoms with Crippen LogP contribution in [0, 0.1) is 29.6 Å². The van der Waals surface area contributed by atoms with Crippen molar-refractivity contribution in [3.8, 4) is 0 Å². The van der Waals surface area contributed by atoms with Crippen molar-refractivity contribution in [1.82, 2.24) is 0 Å². The van der Waals surface area contributed by atoms with E-state index in [1.807, 2.05) is 0 Å². The number of hydrogen-bond donors (Lipinski definition) is 0. The van der Waals surface area contributed by atoms with Gasteiger partial charge < -0.3 is 0 Å². The Morgan fingerprint density at radius 2 is 1.56 bits per heavy atom. The SMILES string of the molecule is CC1=CC(C2C3CC4CC(C3)CC2C4)=CC1. The van der Waals surface area contributed by atoms with Crippen LogP contribution in [0.15, 0.2) is 23.3 Å². The van der Waals surface area contributed by atoms with Crippen LogP contribution in [0.25, 0.3) is 0 Å². The summed E-state index contributed by atoms with van der Waals surface area (Å²) in [6.45, 7) is 2.29. The molecule has 0 radical (unpaired) electrons. The van der Waals surface area contributed by atoms with Crippen molar-refractivity contribution >= 4 is 0 Å². The van der Waals surface area contributed by atoms with Gasteiger partial charge in [0.15, 0.2) is 0 Å². The van der Waals surface area contributed by atoms with Gasteiger partial charge in [0.05, 0.1) is 0 Å². The van der Waals surface area contributed by atoms with Crippen LogP contribution in [-0.4, -0.2) is 0 Å². The van der Waals surface area contributed by atoms with Gasteiger partial charge in [-0.05, 0) is 80.6 Å². The summed E-state index contributed by atoms with van der Waals surface area (Å²) >= 11 is 0. The smallest absolute Gasteiger partial charge is 0.0108 e. The Labute approximate surface area is 98.8 Å². The fraction of sp³-hybridized carbons (Fsp3) is 0.750. The van der Waals surface area contributed by atoms with Gasteiger partial charge in [-0.3, -0.25) is 0 Å². The second-order valence-electron chi connectivity index (χ2n) is 6.86. The lowest BCUT2D eigenvalue weighted by molar-refractivity contribution is -0.0194. The molecule has 0 heterocycles. The lowest BCUT2D eigenvalue weighted by Gasteiger charge is -2.54. The summed E-state index contributed by atoms with van der Waals surface area (Å²) in [5.41, 5.74) is 3.31. The Bertz CT molecular complexity index is 343. The Hall–Kier alpha value is -0.520. The zero-order chi connectivity index (χ0) is 10.7. The Morgan fingerprint density at radius 3 is 2.06 bits per heavy atom. The van der Waals surface area contributed by atoms with Crippen molar-refractivity contribution in [1.29, 1.82) is 0 Å². The molecule has 0 aromatic carbocycles. The molecule has 4 saturated carbocycles. The van der Waals surface area contributed by atoms with E-state index < -0.39 is 0 Å². The molecule has 0 aromatic rings. The predicted molar refractivity (Wildman–Crippen MR) is 67.0 cm³/mol. The average Bonchev–Trinajstić information content (AvgIpc) is 2.63. The molecule has 4 fully saturated rings. The summed E-state index contributed by atoms with van der Waals surface area (Å²) < 4.78 is 0. The third-order valence-electron chi connectivity index (χ3n) is 5.68. The number of allylic oxidation sites excluding steroid dienone is 4. The fourth-order valence-corrected chi connectivity index (χ4v) is 5.38. The largest absolute Gasteiger partial charge is 0.0770 e. The molecule has 0 unspecified atom stereocenters. The van der Waals surface area contributed by atoms with Crippen LogP contribution >= 0.6 is 0 Å². The van der Waals surface area contributed by atoms with Gasteiger partial charge in [0.2, 0.25) is 0 Å². The van der Waals surface area contributed by atoms with E-state index in [0.29, 0.717) is 0 Å². The highest BCUT2D eigenvalue weighted by Gasteiger charge is 2.48. The molecule has 0 amide bonds. The molecule has 0 saturated heterocycles. The Kier molecular flexibility index (Phi) is 1.93. The maximum absolute atomic E-state index is 2.53. The molecule has 0 atom stereocenters. The van der Waals surface area contributed by atoms with Gasteiger partial charge in [0, 0.05) is 0 Å². The lowest BCUT2D eigenvalue weighted by atomic mass is 9.50. The number of rotatable bonds is 1. The minimum Gasteiger partial charge on any atom is -0.0770 e. The van der Waals surface area contributed by atoms with Crippen LogP contribution < -0.4 is 0 Å². The third-order valence-corrected chi connectivity index (χ3v) is 5.68. The zero-order valence-corrected chi connectivity index (χ0v) is 10.3. The summed E-state index contributed by atoms with van der Waals surface area (Å²) in [6, 6.07) is 0. The van der Waals surface area contributed by atoms with Crippen molar-refractivity contribution in [2.75, 3.05) is 0 Å². The van der Waals surface area contributed by atoms with Gasteiger partial charge in [-0.25, -0.2) is 0 Å². The quantitative estimate of drug-likeness (QED) is 0.609. The first-order valence-electron chi connectivity index (χ1n) is 7.17. The van der Waals surface area contributed by atoms with Gasteiger partial charge in [0.25, 0.3) is 0 Å². The summed E-state index contributed by atoms with van der Waals surface area (Å²) in [7, 11) is 0. The highest BCUT2D eigenvalue weighted by atomic mass is 14.5. The molecular weight excluding hydrogens is 192 g/mol. The second-order valence-corrected chi connectivity index (χ2v) is 6.86. The molecule has 86 valence electrons. The molecule has 0 spiro atoms. The Balaban J connectivity index is 1.65. The van der Waals surface area contributed by atoms with Gasteiger partial charge in [-0.15, -0.1) is 0 Å². The molecule has 0 aromatic heterocycles. The van der Waals surface area contributed by atoms with E-state index >= 15 is 0 Å². The average molecular weight is 214 g/mol. The van der Waals surface area contributed by atoms with Crippen LogP contribution in [0.5, 0.6) is 0 Å². The van der Waals surface area contributed by atoms with Gasteiger partial charge in [-0.1, -0.05) is 17.7 Å². The van der Waals surface area contributed by atoms with E-state index in [0.717, 1.165) is 29.6 Å². The van der Waals surface area contributed by atoms with Gasteiger partial charge in [0.1, 0.15) is 0 Å². The summed E-state index contributed by atoms with van der Waals surface area (Å²) in [5.74, 6) is 5.32. The maximum Gasteiger partial charge on any atom is -0.0108 e. The first kappa shape index (κ1) is 9.50. The standard InChI is InChI=1S/C16H22/c1-10-2-3-13(4-10)16-14-6-11-5-12(8-14)9-15(16)7-11/h3-4,11-12,14-16H,2,5-9H2,1H3. The summed E-state index contributed by atoms with van der Waals surface area (Å²) in [4.78, 5) is 0. The molecule has 5 aliphatic rings. The van der Waals surface area contributed by atoms with E-state index in [2.05, 4.69) is 19.1 Å². The van der Waals surface area contributed by atoms with Crippen LogP contribution in [0.1, 0.15) is 45.4 Å². The van der Waals surface area contributed by atoms with E-state index in [1.54, 1.807) is 43.3 Å². The van der Waals surface area contributed by atoms with Crippen molar-refractivity contribution in [3.63, 3.8) is 0 Å². The molecule has 5 aliphatic carbocycles. The molecule has 4 bridgehead atoms. The fourth-order valence-electron chi connectivity index (χ4n) is 5.38. The third kappa shape index (κ3) is 1.28. The highest BCUT2D eigenvalue weighted by molar-refractivity contribution is 5.35. The number of hydrogen-bond acceptors (Lipinski definition) is 0. The van der Waals surface area contributed by atoms with Crippen molar-refractivity contribution < 1.29 is 0 Å². The van der Waals surface area contributed by atoms with E-state index in [4.69, 9.17) is 0 Å². The Morgan fingerprint density at radius 1 is 0.938 bits per heavy atom. The van der Waals surface area contributed by atoms with Crippen molar-refractivity contribution in [2.24, 2.45) is 29.6 Å². The van der Waals surface area contributed by atoms with Crippen molar-refractivity contribution in [3.05, 3.63) is 23.3 Å². The van der Waals surface area contributed by atoms with Gasteiger partial charge >= 0.3 is 0 Å². The second kappa shape index (κ2) is 3.24. The van der Waals surface area contributed by atoms with Crippen molar-refractivity contribution in [2.45, 2.75) is 45.4 Å². The zero-order valence-electron chi connectivity index (χ0n) is 10.3. The topological polar surface area (TPSA) is 0 Å². The van der Waals surface area contributed by atoms with Crippen LogP contribution in [0.4, 0.5) is 0 Å². The maximum atomic E-state index is 2.53. The molecule has 16 heavy (non-hydrogen) atoms. The molecule has 0 heteroatoms. The summed E-state index contributed by atoms with van der Waals surface area (Å²) in [6.07, 6.45) is 14.1. The minimum absolute atomic E-state index is 0.963. The molecule has 0 nitrogen and oxygen atoms in total. The lowest BCUT2D eigenvalue weighted by Crippen LogP contribution is -2.45. The highest BCUT2D eigenvalue weighted by Crippen LogP contribution is 2.58. The first-order valence-corrected chi connectivity index (χ1v) is 7.17.